The molecule has 4 heteroatoms. The summed E-state index contributed by atoms with van der Waals surface area (Å²) < 4.78 is 1.24. The van der Waals surface area contributed by atoms with E-state index in [1.54, 1.807) is 11.3 Å². The zero-order chi connectivity index (χ0) is 13.7. The summed E-state index contributed by atoms with van der Waals surface area (Å²) in [4.78, 5) is 2.51. The SMILES string of the molecule is CCCC1(CN(C)Cc2csc(Br)c2)CCNCC1. The van der Waals surface area contributed by atoms with E-state index in [9.17, 15) is 0 Å². The molecule has 1 aromatic heterocycles. The third-order valence-electron chi connectivity index (χ3n) is 4.12. The second-order valence-electron chi connectivity index (χ2n) is 5.93. The molecule has 0 aromatic carbocycles. The molecule has 1 fully saturated rings. The molecule has 0 atom stereocenters. The van der Waals surface area contributed by atoms with Crippen LogP contribution in [0.3, 0.4) is 0 Å². The van der Waals surface area contributed by atoms with Crippen molar-refractivity contribution in [1.29, 1.82) is 0 Å². The van der Waals surface area contributed by atoms with Gasteiger partial charge in [-0.1, -0.05) is 13.3 Å². The second kappa shape index (κ2) is 7.21. The number of hydrogen-bond acceptors (Lipinski definition) is 3. The van der Waals surface area contributed by atoms with Crippen LogP contribution in [0.4, 0.5) is 0 Å². The second-order valence-corrected chi connectivity index (χ2v) is 8.22. The van der Waals surface area contributed by atoms with Crippen LogP contribution in [0.2, 0.25) is 0 Å². The van der Waals surface area contributed by atoms with Gasteiger partial charge in [-0.05, 0) is 77.8 Å². The third kappa shape index (κ3) is 4.55. The molecule has 2 rings (SSSR count). The number of thiophene rings is 1. The lowest BCUT2D eigenvalue weighted by Gasteiger charge is -2.40. The number of nitrogens with zero attached hydrogens (tertiary/aromatic N) is 1. The van der Waals surface area contributed by atoms with Gasteiger partial charge in [0.25, 0.3) is 0 Å². The minimum Gasteiger partial charge on any atom is -0.317 e. The van der Waals surface area contributed by atoms with Gasteiger partial charge in [0.05, 0.1) is 3.79 Å². The summed E-state index contributed by atoms with van der Waals surface area (Å²) in [6, 6.07) is 2.25. The molecule has 1 aliphatic heterocycles. The summed E-state index contributed by atoms with van der Waals surface area (Å²) >= 11 is 5.33. The molecule has 0 radical (unpaired) electrons. The number of hydrogen-bond donors (Lipinski definition) is 1. The van der Waals surface area contributed by atoms with Crippen LogP contribution in [0.1, 0.15) is 38.2 Å². The van der Waals surface area contributed by atoms with Crippen molar-refractivity contribution in [3.63, 3.8) is 0 Å². The zero-order valence-corrected chi connectivity index (χ0v) is 14.4. The Morgan fingerprint density at radius 3 is 2.74 bits per heavy atom. The molecule has 1 saturated heterocycles. The van der Waals surface area contributed by atoms with Gasteiger partial charge >= 0.3 is 0 Å². The van der Waals surface area contributed by atoms with Crippen LogP contribution in [0.15, 0.2) is 15.2 Å². The molecule has 0 unspecified atom stereocenters. The minimum absolute atomic E-state index is 0.544. The Balaban J connectivity index is 1.92. The third-order valence-corrected chi connectivity index (χ3v) is 5.68. The van der Waals surface area contributed by atoms with Gasteiger partial charge < -0.3 is 10.2 Å². The first-order chi connectivity index (χ1) is 9.13. The topological polar surface area (TPSA) is 15.3 Å². The van der Waals surface area contributed by atoms with Crippen LogP contribution >= 0.6 is 27.3 Å². The van der Waals surface area contributed by atoms with Crippen LogP contribution in [0.25, 0.3) is 0 Å². The molecular formula is C15H25BrN2S. The summed E-state index contributed by atoms with van der Waals surface area (Å²) in [5, 5.41) is 5.76. The van der Waals surface area contributed by atoms with Gasteiger partial charge in [-0.25, -0.2) is 0 Å². The molecule has 108 valence electrons. The highest BCUT2D eigenvalue weighted by atomic mass is 79.9. The Labute approximate surface area is 129 Å². The molecule has 0 amide bonds. The molecule has 0 saturated carbocycles. The average Bonchev–Trinajstić information content (AvgIpc) is 2.75. The highest BCUT2D eigenvalue weighted by Gasteiger charge is 2.32. The predicted molar refractivity (Wildman–Crippen MR) is 87.8 cm³/mol. The summed E-state index contributed by atoms with van der Waals surface area (Å²) in [6.07, 6.45) is 5.33. The van der Waals surface area contributed by atoms with Gasteiger partial charge in [-0.3, -0.25) is 0 Å². The molecule has 0 aliphatic carbocycles. The van der Waals surface area contributed by atoms with Crippen LogP contribution in [-0.4, -0.2) is 31.6 Å². The Morgan fingerprint density at radius 2 is 2.16 bits per heavy atom. The van der Waals surface area contributed by atoms with E-state index in [0.29, 0.717) is 5.41 Å². The van der Waals surface area contributed by atoms with E-state index in [-0.39, 0.29) is 0 Å². The maximum atomic E-state index is 3.55. The normalized spacial score (nSPS) is 18.9. The standard InChI is InChI=1S/C15H25BrN2S/c1-3-4-15(5-7-17-8-6-15)12-18(2)10-13-9-14(16)19-11-13/h9,11,17H,3-8,10,12H2,1-2H3. The lowest BCUT2D eigenvalue weighted by atomic mass is 9.75. The van der Waals surface area contributed by atoms with Crippen LogP contribution in [0, 0.1) is 5.41 Å². The van der Waals surface area contributed by atoms with E-state index in [4.69, 9.17) is 0 Å². The molecule has 0 bridgehead atoms. The van der Waals surface area contributed by atoms with Gasteiger partial charge in [0.1, 0.15) is 0 Å². The monoisotopic (exact) mass is 344 g/mol. The fourth-order valence-corrected chi connectivity index (χ4v) is 4.54. The van der Waals surface area contributed by atoms with Gasteiger partial charge in [0, 0.05) is 13.1 Å². The largest absolute Gasteiger partial charge is 0.317 e. The number of nitrogens with one attached hydrogen (secondary N) is 1. The first-order valence-corrected chi connectivity index (χ1v) is 8.93. The van der Waals surface area contributed by atoms with E-state index in [1.165, 1.54) is 54.7 Å². The first kappa shape index (κ1) is 15.5. The highest BCUT2D eigenvalue weighted by molar-refractivity contribution is 9.11. The molecule has 19 heavy (non-hydrogen) atoms. The van der Waals surface area contributed by atoms with Crippen LogP contribution in [-0.2, 0) is 6.54 Å². The molecule has 2 nitrogen and oxygen atoms in total. The van der Waals surface area contributed by atoms with Crippen molar-refractivity contribution in [2.75, 3.05) is 26.7 Å². The summed E-state index contributed by atoms with van der Waals surface area (Å²) in [5.41, 5.74) is 1.97. The highest BCUT2D eigenvalue weighted by Crippen LogP contribution is 2.35. The van der Waals surface area contributed by atoms with Crippen molar-refractivity contribution < 1.29 is 0 Å². The fraction of sp³-hybridized carbons (Fsp3) is 0.733. The maximum absolute atomic E-state index is 3.55. The predicted octanol–water partition coefficient (Wildman–Crippen LogP) is 4.11. The van der Waals surface area contributed by atoms with Gasteiger partial charge in [-0.2, -0.15) is 0 Å². The molecule has 0 spiro atoms. The summed E-state index contributed by atoms with van der Waals surface area (Å²) in [7, 11) is 2.27. The van der Waals surface area contributed by atoms with E-state index >= 15 is 0 Å². The lowest BCUT2D eigenvalue weighted by Crippen LogP contribution is -2.43. The fourth-order valence-electron chi connectivity index (χ4n) is 3.34. The number of rotatable bonds is 6. The van der Waals surface area contributed by atoms with Crippen molar-refractivity contribution >= 4 is 27.3 Å². The van der Waals surface area contributed by atoms with Crippen LogP contribution < -0.4 is 5.32 Å². The van der Waals surface area contributed by atoms with E-state index < -0.39 is 0 Å². The number of halogens is 1. The zero-order valence-electron chi connectivity index (χ0n) is 12.0. The van der Waals surface area contributed by atoms with Crippen molar-refractivity contribution in [3.8, 4) is 0 Å². The quantitative estimate of drug-likeness (QED) is 0.835. The first-order valence-electron chi connectivity index (χ1n) is 7.26. The maximum Gasteiger partial charge on any atom is 0.0701 e. The van der Waals surface area contributed by atoms with Crippen molar-refractivity contribution in [2.24, 2.45) is 5.41 Å². The Kier molecular flexibility index (Phi) is 5.87. The molecule has 1 aromatic rings. The Morgan fingerprint density at radius 1 is 1.42 bits per heavy atom. The van der Waals surface area contributed by atoms with Crippen molar-refractivity contribution in [3.05, 3.63) is 20.8 Å². The van der Waals surface area contributed by atoms with E-state index in [2.05, 4.69) is 51.6 Å². The lowest BCUT2D eigenvalue weighted by molar-refractivity contribution is 0.112. The van der Waals surface area contributed by atoms with Crippen molar-refractivity contribution in [2.45, 2.75) is 39.2 Å². The van der Waals surface area contributed by atoms with Crippen LogP contribution in [0.5, 0.6) is 0 Å². The van der Waals surface area contributed by atoms with Gasteiger partial charge in [0.2, 0.25) is 0 Å². The Bertz CT molecular complexity index is 380. The van der Waals surface area contributed by atoms with E-state index in [1.807, 2.05) is 0 Å². The van der Waals surface area contributed by atoms with Gasteiger partial charge in [0.15, 0.2) is 0 Å². The Hall–Kier alpha value is 0.1000. The molecule has 1 aliphatic rings. The summed E-state index contributed by atoms with van der Waals surface area (Å²) in [5.74, 6) is 0. The molecule has 2 heterocycles. The summed E-state index contributed by atoms with van der Waals surface area (Å²) in [6.45, 7) is 7.01. The van der Waals surface area contributed by atoms with E-state index in [0.717, 1.165) is 6.54 Å². The molecular weight excluding hydrogens is 320 g/mol. The smallest absolute Gasteiger partial charge is 0.0701 e. The average molecular weight is 345 g/mol. The number of piperidine rings is 1. The minimum atomic E-state index is 0.544. The molecule has 1 N–H and O–H groups in total. The van der Waals surface area contributed by atoms with Crippen molar-refractivity contribution in [1.82, 2.24) is 10.2 Å². The van der Waals surface area contributed by atoms with Gasteiger partial charge in [-0.15, -0.1) is 11.3 Å².